The highest BCUT2D eigenvalue weighted by molar-refractivity contribution is 5.89. The van der Waals surface area contributed by atoms with Gasteiger partial charge in [-0.25, -0.2) is 4.79 Å². The van der Waals surface area contributed by atoms with Crippen LogP contribution in [0.1, 0.15) is 50.1 Å². The van der Waals surface area contributed by atoms with Crippen molar-refractivity contribution in [2.45, 2.75) is 39.3 Å². The molecule has 128 valence electrons. The molecule has 0 saturated carbocycles. The van der Waals surface area contributed by atoms with Crippen molar-refractivity contribution >= 4 is 11.8 Å². The molecule has 0 bridgehead atoms. The molecule has 0 radical (unpaired) electrons. The molecule has 0 aliphatic carbocycles. The first-order chi connectivity index (χ1) is 11.6. The fraction of sp³-hybridized carbons (Fsp3) is 0.471. The Morgan fingerprint density at radius 1 is 1.33 bits per heavy atom. The number of anilines is 1. The molecule has 1 aliphatic heterocycles. The van der Waals surface area contributed by atoms with E-state index in [1.165, 1.54) is 0 Å². The number of hydrogen-bond donors (Lipinski definition) is 1. The molecule has 1 N–H and O–H groups in total. The third-order valence-corrected chi connectivity index (χ3v) is 4.11. The summed E-state index contributed by atoms with van der Waals surface area (Å²) in [5, 5.41) is 7.37. The minimum Gasteiger partial charge on any atom is -0.447 e. The highest BCUT2D eigenvalue weighted by Gasteiger charge is 2.24. The summed E-state index contributed by atoms with van der Waals surface area (Å²) in [5.74, 6) is 1.29. The molecular formula is C17H22N4O3. The fourth-order valence-electron chi connectivity index (χ4n) is 2.72. The van der Waals surface area contributed by atoms with Crippen molar-refractivity contribution < 1.29 is 14.1 Å². The lowest BCUT2D eigenvalue weighted by Gasteiger charge is -2.20. The first kappa shape index (κ1) is 16.4. The molecule has 3 rings (SSSR count). The summed E-state index contributed by atoms with van der Waals surface area (Å²) in [6.45, 7) is 7.07. The van der Waals surface area contributed by atoms with E-state index in [1.54, 1.807) is 4.90 Å². The van der Waals surface area contributed by atoms with Crippen molar-refractivity contribution in [2.75, 3.05) is 18.1 Å². The van der Waals surface area contributed by atoms with Gasteiger partial charge in [-0.15, -0.1) is 0 Å². The molecule has 0 unspecified atom stereocenters. The van der Waals surface area contributed by atoms with E-state index in [2.05, 4.69) is 22.4 Å². The first-order valence-electron chi connectivity index (χ1n) is 8.21. The Morgan fingerprint density at radius 2 is 2.17 bits per heavy atom. The minimum absolute atomic E-state index is 0.0618. The molecule has 1 aromatic carbocycles. The van der Waals surface area contributed by atoms with Crippen LogP contribution in [0.5, 0.6) is 0 Å². The maximum atomic E-state index is 11.7. The number of ether oxygens (including phenoxy) is 1. The van der Waals surface area contributed by atoms with Crippen LogP contribution in [0.25, 0.3) is 0 Å². The van der Waals surface area contributed by atoms with Gasteiger partial charge in [0.25, 0.3) is 0 Å². The summed E-state index contributed by atoms with van der Waals surface area (Å²) in [4.78, 5) is 17.7. The molecule has 24 heavy (non-hydrogen) atoms. The Morgan fingerprint density at radius 3 is 2.83 bits per heavy atom. The molecule has 7 nitrogen and oxygen atoms in total. The van der Waals surface area contributed by atoms with E-state index < -0.39 is 0 Å². The Balaban J connectivity index is 1.70. The summed E-state index contributed by atoms with van der Waals surface area (Å²) in [7, 11) is 0. The van der Waals surface area contributed by atoms with Gasteiger partial charge in [0.15, 0.2) is 5.82 Å². The van der Waals surface area contributed by atoms with Gasteiger partial charge in [0.1, 0.15) is 6.61 Å². The van der Waals surface area contributed by atoms with E-state index in [4.69, 9.17) is 9.26 Å². The minimum atomic E-state index is -0.293. The van der Waals surface area contributed by atoms with Gasteiger partial charge in [-0.2, -0.15) is 4.98 Å². The normalized spacial score (nSPS) is 17.0. The summed E-state index contributed by atoms with van der Waals surface area (Å²) in [6, 6.07) is 7.89. The van der Waals surface area contributed by atoms with Crippen LogP contribution in [-0.2, 0) is 11.2 Å². The van der Waals surface area contributed by atoms with Crippen molar-refractivity contribution in [3.8, 4) is 0 Å². The second-order valence-electron chi connectivity index (χ2n) is 5.87. The number of amides is 1. The average Bonchev–Trinajstić information content (AvgIpc) is 3.23. The van der Waals surface area contributed by atoms with E-state index in [0.717, 1.165) is 17.7 Å². The van der Waals surface area contributed by atoms with Gasteiger partial charge < -0.3 is 9.26 Å². The number of aromatic nitrogens is 2. The number of carbonyl (C=O) groups excluding carboxylic acids is 1. The van der Waals surface area contributed by atoms with Crippen LogP contribution in [0.3, 0.4) is 0 Å². The molecule has 2 heterocycles. The molecule has 1 aromatic heterocycles. The number of aryl methyl sites for hydroxylation is 1. The number of hydrogen-bond acceptors (Lipinski definition) is 6. The van der Waals surface area contributed by atoms with Crippen LogP contribution in [0, 0.1) is 0 Å². The van der Waals surface area contributed by atoms with Crippen molar-refractivity contribution in [1.82, 2.24) is 15.5 Å². The van der Waals surface area contributed by atoms with E-state index in [9.17, 15) is 4.79 Å². The molecule has 2 atom stereocenters. The average molecular weight is 330 g/mol. The van der Waals surface area contributed by atoms with Gasteiger partial charge in [0.2, 0.25) is 5.89 Å². The predicted octanol–water partition coefficient (Wildman–Crippen LogP) is 3.00. The number of rotatable bonds is 6. The highest BCUT2D eigenvalue weighted by atomic mass is 16.6. The molecule has 1 amide bonds. The van der Waals surface area contributed by atoms with Crippen molar-refractivity contribution in [2.24, 2.45) is 0 Å². The van der Waals surface area contributed by atoms with E-state index >= 15 is 0 Å². The smallest absolute Gasteiger partial charge is 0.414 e. The predicted molar refractivity (Wildman–Crippen MR) is 88.8 cm³/mol. The third kappa shape index (κ3) is 3.41. The summed E-state index contributed by atoms with van der Waals surface area (Å²) < 4.78 is 10.3. The van der Waals surface area contributed by atoms with Crippen molar-refractivity contribution in [1.29, 1.82) is 0 Å². The molecule has 0 spiro atoms. The van der Waals surface area contributed by atoms with Crippen LogP contribution >= 0.6 is 0 Å². The molecule has 1 aliphatic rings. The quantitative estimate of drug-likeness (QED) is 0.877. The molecule has 7 heteroatoms. The lowest BCUT2D eigenvalue weighted by Crippen LogP contribution is -2.25. The van der Waals surface area contributed by atoms with E-state index in [0.29, 0.717) is 24.9 Å². The van der Waals surface area contributed by atoms with Crippen LogP contribution in [0.2, 0.25) is 0 Å². The number of nitrogens with zero attached hydrogens (tertiary/aromatic N) is 3. The number of cyclic esters (lactones) is 1. The summed E-state index contributed by atoms with van der Waals surface area (Å²) in [5.41, 5.74) is 1.93. The standard InChI is InChI=1S/C17H22N4O3/c1-4-15-19-16(24-20-15)12(3)18-11(2)13-6-5-7-14(10-13)21-8-9-23-17(21)22/h5-7,10-12,18H,4,8-9H2,1-3H3/t11-,12+/m0/s1. The Bertz CT molecular complexity index is 715. The summed E-state index contributed by atoms with van der Waals surface area (Å²) in [6.07, 6.45) is 0.457. The lowest BCUT2D eigenvalue weighted by atomic mass is 10.1. The van der Waals surface area contributed by atoms with E-state index in [-0.39, 0.29) is 18.2 Å². The topological polar surface area (TPSA) is 80.5 Å². The second-order valence-corrected chi connectivity index (χ2v) is 5.87. The SMILES string of the molecule is CCc1noc([C@@H](C)N[C@@H](C)c2cccc(N3CCOC3=O)c2)n1. The molecule has 1 saturated heterocycles. The van der Waals surface area contributed by atoms with Gasteiger partial charge in [-0.1, -0.05) is 24.2 Å². The molecule has 1 fully saturated rings. The Hall–Kier alpha value is -2.41. The first-order valence-corrected chi connectivity index (χ1v) is 8.21. The monoisotopic (exact) mass is 330 g/mol. The van der Waals surface area contributed by atoms with Gasteiger partial charge in [-0.3, -0.25) is 10.2 Å². The van der Waals surface area contributed by atoms with Gasteiger partial charge in [0, 0.05) is 18.2 Å². The van der Waals surface area contributed by atoms with Crippen LogP contribution in [0.4, 0.5) is 10.5 Å². The lowest BCUT2D eigenvalue weighted by molar-refractivity contribution is 0.181. The maximum Gasteiger partial charge on any atom is 0.414 e. The number of benzene rings is 1. The van der Waals surface area contributed by atoms with E-state index in [1.807, 2.05) is 38.1 Å². The Labute approximate surface area is 141 Å². The zero-order valence-corrected chi connectivity index (χ0v) is 14.2. The summed E-state index contributed by atoms with van der Waals surface area (Å²) >= 11 is 0. The van der Waals surface area contributed by atoms with Gasteiger partial charge >= 0.3 is 6.09 Å². The van der Waals surface area contributed by atoms with Crippen LogP contribution < -0.4 is 10.2 Å². The second kappa shape index (κ2) is 7.00. The van der Waals surface area contributed by atoms with Crippen molar-refractivity contribution in [3.63, 3.8) is 0 Å². The van der Waals surface area contributed by atoms with Gasteiger partial charge in [-0.05, 0) is 31.5 Å². The maximum absolute atomic E-state index is 11.7. The third-order valence-electron chi connectivity index (χ3n) is 4.11. The largest absolute Gasteiger partial charge is 0.447 e. The number of nitrogens with one attached hydrogen (secondary N) is 1. The van der Waals surface area contributed by atoms with Gasteiger partial charge in [0.05, 0.1) is 12.6 Å². The zero-order valence-electron chi connectivity index (χ0n) is 14.2. The number of carbonyl (C=O) groups is 1. The fourth-order valence-corrected chi connectivity index (χ4v) is 2.72. The van der Waals surface area contributed by atoms with Crippen molar-refractivity contribution in [3.05, 3.63) is 41.5 Å². The zero-order chi connectivity index (χ0) is 17.1. The molecule has 2 aromatic rings. The molecular weight excluding hydrogens is 308 g/mol. The van der Waals surface area contributed by atoms with Crippen LogP contribution in [0.15, 0.2) is 28.8 Å². The Kier molecular flexibility index (Phi) is 4.80. The highest BCUT2D eigenvalue weighted by Crippen LogP contribution is 2.24. The van der Waals surface area contributed by atoms with Crippen LogP contribution in [-0.4, -0.2) is 29.4 Å².